The highest BCUT2D eigenvalue weighted by atomic mass is 19.3. The molecule has 1 fully saturated rings. The number of hydrogen-bond acceptors (Lipinski definition) is 9. The summed E-state index contributed by atoms with van der Waals surface area (Å²) in [5.74, 6) is -0.150. The first-order chi connectivity index (χ1) is 19.7. The first-order valence-corrected chi connectivity index (χ1v) is 13.6. The summed E-state index contributed by atoms with van der Waals surface area (Å²) < 4.78 is 36.2. The van der Waals surface area contributed by atoms with E-state index in [0.29, 0.717) is 24.4 Å². The molecule has 3 aromatic rings. The molecular formula is C30H34F2N4O5. The molecule has 0 radical (unpaired) electrons. The lowest BCUT2D eigenvalue weighted by atomic mass is 9.75. The Morgan fingerprint density at radius 2 is 1.78 bits per heavy atom. The van der Waals surface area contributed by atoms with Crippen molar-refractivity contribution in [3.8, 4) is 11.3 Å². The zero-order valence-electron chi connectivity index (χ0n) is 23.1. The Morgan fingerprint density at radius 1 is 1.02 bits per heavy atom. The van der Waals surface area contributed by atoms with Crippen LogP contribution in [0.4, 0.5) is 20.4 Å². The molecule has 11 heteroatoms. The molecule has 1 saturated carbocycles. The average Bonchev–Trinajstić information content (AvgIpc) is 2.96. The van der Waals surface area contributed by atoms with E-state index in [4.69, 9.17) is 9.47 Å². The molecule has 1 atom stereocenters. The summed E-state index contributed by atoms with van der Waals surface area (Å²) in [5, 5.41) is 13.2. The number of nitrogens with zero attached hydrogens (tertiary/aromatic N) is 3. The predicted molar refractivity (Wildman–Crippen MR) is 148 cm³/mol. The van der Waals surface area contributed by atoms with Crippen LogP contribution < -0.4 is 5.32 Å². The Bertz CT molecular complexity index is 1330. The number of halogens is 2. The van der Waals surface area contributed by atoms with Gasteiger partial charge in [0.25, 0.3) is 6.43 Å². The second-order valence-electron chi connectivity index (χ2n) is 10.2. The van der Waals surface area contributed by atoms with Crippen molar-refractivity contribution < 1.29 is 33.0 Å². The fourth-order valence-corrected chi connectivity index (χ4v) is 5.12. The third kappa shape index (κ3) is 8.26. The van der Waals surface area contributed by atoms with Crippen molar-refractivity contribution in [1.82, 2.24) is 15.0 Å². The maximum atomic E-state index is 13.1. The van der Waals surface area contributed by atoms with Crippen LogP contribution in [0, 0.1) is 18.8 Å². The second-order valence-corrected chi connectivity index (χ2v) is 10.2. The van der Waals surface area contributed by atoms with Gasteiger partial charge in [-0.2, -0.15) is 0 Å². The van der Waals surface area contributed by atoms with Gasteiger partial charge in [0.2, 0.25) is 0 Å². The monoisotopic (exact) mass is 568 g/mol. The molecule has 0 aromatic carbocycles. The molecule has 4 rings (SSSR count). The van der Waals surface area contributed by atoms with Gasteiger partial charge in [-0.1, -0.05) is 0 Å². The molecule has 1 unspecified atom stereocenters. The maximum absolute atomic E-state index is 13.1. The van der Waals surface area contributed by atoms with Gasteiger partial charge in [-0.3, -0.25) is 14.6 Å². The summed E-state index contributed by atoms with van der Waals surface area (Å²) in [4.78, 5) is 36.6. The quantitative estimate of drug-likeness (QED) is 0.227. The van der Waals surface area contributed by atoms with E-state index in [0.717, 1.165) is 29.7 Å². The van der Waals surface area contributed by atoms with Gasteiger partial charge in [-0.15, -0.1) is 0 Å². The number of ether oxygens (including phenoxy) is 2. The number of esters is 2. The molecule has 0 saturated heterocycles. The van der Waals surface area contributed by atoms with Crippen molar-refractivity contribution in [2.45, 2.75) is 51.9 Å². The van der Waals surface area contributed by atoms with Crippen LogP contribution in [0.25, 0.3) is 11.3 Å². The molecule has 3 heterocycles. The molecule has 0 amide bonds. The lowest BCUT2D eigenvalue weighted by Gasteiger charge is -2.32. The van der Waals surface area contributed by atoms with Crippen molar-refractivity contribution in [3.05, 3.63) is 65.6 Å². The van der Waals surface area contributed by atoms with Crippen LogP contribution in [-0.2, 0) is 19.1 Å². The van der Waals surface area contributed by atoms with Gasteiger partial charge < -0.3 is 19.9 Å². The first-order valence-electron chi connectivity index (χ1n) is 13.6. The lowest BCUT2D eigenvalue weighted by molar-refractivity contribution is -0.155. The molecule has 0 spiro atoms. The number of nitrogens with one attached hydrogen (secondary N) is 1. The van der Waals surface area contributed by atoms with Crippen LogP contribution in [0.2, 0.25) is 0 Å². The first kappa shape index (κ1) is 30.0. The average molecular weight is 569 g/mol. The summed E-state index contributed by atoms with van der Waals surface area (Å²) in [5.41, 5.74) is 2.99. The Balaban J connectivity index is 1.38. The van der Waals surface area contributed by atoms with Gasteiger partial charge in [0.05, 0.1) is 18.2 Å². The molecule has 3 aromatic heterocycles. The Kier molecular flexibility index (Phi) is 10.3. The number of carbonyl (C=O) groups is 2. The Morgan fingerprint density at radius 3 is 2.44 bits per heavy atom. The molecule has 0 bridgehead atoms. The van der Waals surface area contributed by atoms with Crippen LogP contribution in [0.3, 0.4) is 0 Å². The normalized spacial score (nSPS) is 17.6. The van der Waals surface area contributed by atoms with Gasteiger partial charge in [-0.05, 0) is 80.5 Å². The van der Waals surface area contributed by atoms with Crippen LogP contribution in [0.1, 0.15) is 61.8 Å². The number of hydrogen-bond donors (Lipinski definition) is 2. The van der Waals surface area contributed by atoms with Gasteiger partial charge in [0, 0.05) is 42.1 Å². The third-order valence-corrected chi connectivity index (χ3v) is 7.23. The van der Waals surface area contributed by atoms with Crippen molar-refractivity contribution in [2.75, 3.05) is 25.1 Å². The minimum absolute atomic E-state index is 0.0456. The van der Waals surface area contributed by atoms with E-state index in [2.05, 4.69) is 20.3 Å². The van der Waals surface area contributed by atoms with Gasteiger partial charge >= 0.3 is 11.9 Å². The molecule has 41 heavy (non-hydrogen) atoms. The standard InChI is InChI=1S/C30H34F2N4O5/c1-18-13-26(35-28(14-18)36-27-15-22(29(31)32)9-10-33-27)23-7-8-25(34-16-23)24(17-37)20-3-5-21(6-4-20)30(39)41-12-11-40-19(2)38/h7-10,13-16,20-21,24,29,37H,3-6,11-12,17H2,1-2H3,(H,33,35,36)/t20-,21-,24?. The van der Waals surface area contributed by atoms with E-state index in [1.807, 2.05) is 25.1 Å². The number of pyridine rings is 3. The Hall–Kier alpha value is -3.99. The predicted octanol–water partition coefficient (Wildman–Crippen LogP) is 5.52. The largest absolute Gasteiger partial charge is 0.462 e. The third-order valence-electron chi connectivity index (χ3n) is 7.23. The Labute approximate surface area is 237 Å². The second kappa shape index (κ2) is 14.1. The van der Waals surface area contributed by atoms with Gasteiger partial charge in [0.15, 0.2) is 0 Å². The van der Waals surface area contributed by atoms with Crippen molar-refractivity contribution >= 4 is 23.6 Å². The summed E-state index contributed by atoms with van der Waals surface area (Å²) in [6, 6.07) is 10.1. The maximum Gasteiger partial charge on any atom is 0.309 e. The number of aryl methyl sites for hydroxylation is 1. The fraction of sp³-hybridized carbons (Fsp3) is 0.433. The van der Waals surface area contributed by atoms with Crippen LogP contribution in [0.5, 0.6) is 0 Å². The SMILES string of the molecule is CC(=O)OCCOC(=O)[C@H]1CC[C@H](C(CO)c2ccc(-c3cc(C)cc(Nc4cc(C(F)F)ccn4)n3)cn2)CC1. The van der Waals surface area contributed by atoms with Crippen LogP contribution in [0.15, 0.2) is 48.8 Å². The van der Waals surface area contributed by atoms with Crippen molar-refractivity contribution in [1.29, 1.82) is 0 Å². The summed E-state index contributed by atoms with van der Waals surface area (Å²) in [6.07, 6.45) is 3.27. The molecule has 218 valence electrons. The summed E-state index contributed by atoms with van der Waals surface area (Å²) in [7, 11) is 0. The zero-order chi connectivity index (χ0) is 29.4. The lowest BCUT2D eigenvalue weighted by Crippen LogP contribution is -2.28. The minimum atomic E-state index is -2.59. The minimum Gasteiger partial charge on any atom is -0.462 e. The number of aliphatic hydroxyl groups is 1. The van der Waals surface area contributed by atoms with Crippen LogP contribution >= 0.6 is 0 Å². The fourth-order valence-electron chi connectivity index (χ4n) is 5.12. The van der Waals surface area contributed by atoms with Crippen molar-refractivity contribution in [3.63, 3.8) is 0 Å². The van der Waals surface area contributed by atoms with Crippen molar-refractivity contribution in [2.24, 2.45) is 11.8 Å². The molecular weight excluding hydrogens is 534 g/mol. The summed E-state index contributed by atoms with van der Waals surface area (Å²) >= 11 is 0. The van der Waals surface area contributed by atoms with E-state index >= 15 is 0 Å². The zero-order valence-corrected chi connectivity index (χ0v) is 23.1. The van der Waals surface area contributed by atoms with Gasteiger partial charge in [0.1, 0.15) is 24.8 Å². The molecule has 0 aliphatic heterocycles. The summed E-state index contributed by atoms with van der Waals surface area (Å²) in [6.45, 7) is 3.25. The number of carbonyl (C=O) groups excluding carboxylic acids is 2. The van der Waals surface area contributed by atoms with E-state index < -0.39 is 12.4 Å². The molecule has 1 aliphatic rings. The van der Waals surface area contributed by atoms with E-state index in [1.54, 1.807) is 12.3 Å². The van der Waals surface area contributed by atoms with E-state index in [1.165, 1.54) is 25.3 Å². The number of alkyl halides is 2. The topological polar surface area (TPSA) is 124 Å². The smallest absolute Gasteiger partial charge is 0.309 e. The number of rotatable bonds is 11. The highest BCUT2D eigenvalue weighted by Crippen LogP contribution is 2.38. The van der Waals surface area contributed by atoms with Crippen LogP contribution in [-0.4, -0.2) is 51.8 Å². The van der Waals surface area contributed by atoms with E-state index in [-0.39, 0.29) is 54.9 Å². The highest BCUT2D eigenvalue weighted by Gasteiger charge is 2.32. The van der Waals surface area contributed by atoms with E-state index in [9.17, 15) is 23.5 Å². The number of aromatic nitrogens is 3. The number of anilines is 2. The molecule has 1 aliphatic carbocycles. The molecule has 2 N–H and O–H groups in total. The molecule has 9 nitrogen and oxygen atoms in total. The highest BCUT2D eigenvalue weighted by molar-refractivity contribution is 5.72. The number of aliphatic hydroxyl groups excluding tert-OH is 1. The van der Waals surface area contributed by atoms with Gasteiger partial charge in [-0.25, -0.2) is 18.7 Å².